The zero-order chi connectivity index (χ0) is 20.3. The lowest BCUT2D eigenvalue weighted by Crippen LogP contribution is -2.41. The zero-order valence-corrected chi connectivity index (χ0v) is 15.1. The van der Waals surface area contributed by atoms with Crippen LogP contribution in [0.2, 0.25) is 0 Å². The Labute approximate surface area is 159 Å². The van der Waals surface area contributed by atoms with Crippen molar-refractivity contribution in [2.75, 3.05) is 0 Å². The monoisotopic (exact) mass is 386 g/mol. The number of hydrogen-bond donors (Lipinski definition) is 4. The summed E-state index contributed by atoms with van der Waals surface area (Å²) in [7, 11) is 0. The molecule has 1 heterocycles. The first-order valence-electron chi connectivity index (χ1n) is 8.51. The molecule has 1 aromatic heterocycles. The standard InChI is InChI=1S/C18H19FN6O3/c1-9-14-12(22-25-18(20)21)3-2-4-13(14)28-15(9)17(27)24-23-16(26)10-5-7-11(19)8-6-10/h5-8H,2-4H2,1H3,(H,23,26)(H,24,27)(H4,20,21,25)/b22-12+. The lowest BCUT2D eigenvalue weighted by Gasteiger charge is -2.11. The Kier molecular flexibility index (Phi) is 5.39. The molecule has 1 aliphatic rings. The van der Waals surface area contributed by atoms with Gasteiger partial charge in [-0.25, -0.2) is 4.39 Å². The molecule has 10 heteroatoms. The fourth-order valence-corrected chi connectivity index (χ4v) is 2.95. The van der Waals surface area contributed by atoms with E-state index in [0.717, 1.165) is 18.6 Å². The number of carbonyl (C=O) groups is 2. The van der Waals surface area contributed by atoms with Crippen molar-refractivity contribution in [1.82, 2.24) is 10.9 Å². The molecule has 3 rings (SSSR count). The van der Waals surface area contributed by atoms with Crippen molar-refractivity contribution < 1.29 is 18.4 Å². The van der Waals surface area contributed by atoms with Crippen molar-refractivity contribution in [2.24, 2.45) is 21.7 Å². The fourth-order valence-electron chi connectivity index (χ4n) is 2.95. The quantitative estimate of drug-likeness (QED) is 0.354. The lowest BCUT2D eigenvalue weighted by atomic mass is 9.93. The second kappa shape index (κ2) is 7.91. The molecule has 1 aliphatic carbocycles. The van der Waals surface area contributed by atoms with Gasteiger partial charge in [0.25, 0.3) is 5.91 Å². The summed E-state index contributed by atoms with van der Waals surface area (Å²) in [6.45, 7) is 1.72. The highest BCUT2D eigenvalue weighted by molar-refractivity contribution is 6.07. The van der Waals surface area contributed by atoms with E-state index in [1.54, 1.807) is 6.92 Å². The van der Waals surface area contributed by atoms with E-state index in [4.69, 9.17) is 15.9 Å². The Morgan fingerprint density at radius 1 is 1.11 bits per heavy atom. The number of aryl methyl sites for hydroxylation is 1. The van der Waals surface area contributed by atoms with Crippen LogP contribution in [-0.2, 0) is 6.42 Å². The molecule has 146 valence electrons. The number of rotatable bonds is 3. The van der Waals surface area contributed by atoms with E-state index < -0.39 is 17.6 Å². The van der Waals surface area contributed by atoms with Crippen LogP contribution in [-0.4, -0.2) is 23.5 Å². The van der Waals surface area contributed by atoms with Crippen LogP contribution in [0, 0.1) is 12.7 Å². The van der Waals surface area contributed by atoms with Gasteiger partial charge in [0.05, 0.1) is 5.71 Å². The maximum atomic E-state index is 12.9. The number of guanidine groups is 1. The smallest absolute Gasteiger partial charge is 0.305 e. The second-order valence-electron chi connectivity index (χ2n) is 6.19. The van der Waals surface area contributed by atoms with E-state index in [9.17, 15) is 14.0 Å². The van der Waals surface area contributed by atoms with Crippen LogP contribution < -0.4 is 22.3 Å². The molecule has 0 bridgehead atoms. The minimum absolute atomic E-state index is 0.0590. The number of nitrogens with one attached hydrogen (secondary N) is 2. The lowest BCUT2D eigenvalue weighted by molar-refractivity contribution is 0.0829. The molecule has 0 radical (unpaired) electrons. The fraction of sp³-hybridized carbons (Fsp3) is 0.222. The number of nitrogens with zero attached hydrogens (tertiary/aromatic N) is 2. The van der Waals surface area contributed by atoms with Crippen LogP contribution in [0.4, 0.5) is 4.39 Å². The summed E-state index contributed by atoms with van der Waals surface area (Å²) in [5.74, 6) is -1.16. The van der Waals surface area contributed by atoms with Gasteiger partial charge in [0.2, 0.25) is 5.96 Å². The number of hydrogen-bond acceptors (Lipinski definition) is 5. The number of nitrogens with two attached hydrogens (primary N) is 2. The van der Waals surface area contributed by atoms with Crippen molar-refractivity contribution in [1.29, 1.82) is 0 Å². The maximum Gasteiger partial charge on any atom is 0.305 e. The van der Waals surface area contributed by atoms with E-state index in [-0.39, 0.29) is 17.3 Å². The van der Waals surface area contributed by atoms with E-state index in [0.29, 0.717) is 35.4 Å². The average Bonchev–Trinajstić information content (AvgIpc) is 3.02. The third-order valence-electron chi connectivity index (χ3n) is 4.21. The van der Waals surface area contributed by atoms with Crippen molar-refractivity contribution in [3.05, 3.63) is 58.3 Å². The highest BCUT2D eigenvalue weighted by Crippen LogP contribution is 2.30. The highest BCUT2D eigenvalue weighted by Gasteiger charge is 2.28. The predicted molar refractivity (Wildman–Crippen MR) is 100 cm³/mol. The zero-order valence-electron chi connectivity index (χ0n) is 15.1. The van der Waals surface area contributed by atoms with Gasteiger partial charge in [0.1, 0.15) is 11.6 Å². The first-order valence-corrected chi connectivity index (χ1v) is 8.51. The van der Waals surface area contributed by atoms with Gasteiger partial charge in [0, 0.05) is 23.1 Å². The topological polar surface area (TPSA) is 148 Å². The number of carbonyl (C=O) groups excluding carboxylic acids is 2. The summed E-state index contributed by atoms with van der Waals surface area (Å²) in [6.07, 6.45) is 2.07. The first kappa shape index (κ1) is 19.1. The van der Waals surface area contributed by atoms with Crippen molar-refractivity contribution >= 4 is 23.5 Å². The number of fused-ring (bicyclic) bond motifs is 1. The van der Waals surface area contributed by atoms with Gasteiger partial charge in [-0.2, -0.15) is 5.10 Å². The minimum atomic E-state index is -0.622. The van der Waals surface area contributed by atoms with Gasteiger partial charge in [-0.1, -0.05) is 0 Å². The molecule has 9 nitrogen and oxygen atoms in total. The van der Waals surface area contributed by atoms with Gasteiger partial charge < -0.3 is 15.9 Å². The van der Waals surface area contributed by atoms with Gasteiger partial charge in [-0.05, 0) is 44.0 Å². The first-order chi connectivity index (χ1) is 13.4. The molecule has 2 amide bonds. The Hall–Kier alpha value is -3.69. The Bertz CT molecular complexity index is 974. The van der Waals surface area contributed by atoms with Crippen LogP contribution in [0.15, 0.2) is 38.9 Å². The van der Waals surface area contributed by atoms with Gasteiger partial charge >= 0.3 is 5.91 Å². The van der Waals surface area contributed by atoms with Crippen LogP contribution in [0.3, 0.4) is 0 Å². The highest BCUT2D eigenvalue weighted by atomic mass is 19.1. The normalized spacial score (nSPS) is 14.3. The van der Waals surface area contributed by atoms with Crippen LogP contribution >= 0.6 is 0 Å². The minimum Gasteiger partial charge on any atom is -0.455 e. The molecule has 6 N–H and O–H groups in total. The largest absolute Gasteiger partial charge is 0.455 e. The average molecular weight is 386 g/mol. The SMILES string of the molecule is Cc1c(C(=O)NNC(=O)c2ccc(F)cc2)oc2c1/C(=N/N=C(N)N)CCC2. The third-order valence-corrected chi connectivity index (χ3v) is 4.21. The summed E-state index contributed by atoms with van der Waals surface area (Å²) in [5.41, 5.74) is 17.3. The molecule has 0 aliphatic heterocycles. The Morgan fingerprint density at radius 3 is 2.46 bits per heavy atom. The van der Waals surface area contributed by atoms with Crippen molar-refractivity contribution in [2.45, 2.75) is 26.2 Å². The molecule has 0 fully saturated rings. The van der Waals surface area contributed by atoms with Gasteiger partial charge in [-0.15, -0.1) is 5.10 Å². The van der Waals surface area contributed by atoms with Crippen molar-refractivity contribution in [3.63, 3.8) is 0 Å². The number of furan rings is 1. The number of halogens is 1. The Morgan fingerprint density at radius 2 is 1.79 bits per heavy atom. The number of amides is 2. The molecule has 0 spiro atoms. The second-order valence-corrected chi connectivity index (χ2v) is 6.19. The maximum absolute atomic E-state index is 12.9. The van der Waals surface area contributed by atoms with Crippen LogP contribution in [0.25, 0.3) is 0 Å². The molecular formula is C18H19FN6O3. The number of hydrazine groups is 1. The summed E-state index contributed by atoms with van der Waals surface area (Å²) < 4.78 is 18.6. The Balaban J connectivity index is 1.76. The molecule has 2 aromatic rings. The molecule has 28 heavy (non-hydrogen) atoms. The molecule has 0 saturated carbocycles. The van der Waals surface area contributed by atoms with Gasteiger partial charge in [0.15, 0.2) is 5.76 Å². The number of benzene rings is 1. The van der Waals surface area contributed by atoms with Crippen LogP contribution in [0.5, 0.6) is 0 Å². The molecule has 0 unspecified atom stereocenters. The van der Waals surface area contributed by atoms with E-state index >= 15 is 0 Å². The molecule has 0 atom stereocenters. The summed E-state index contributed by atoms with van der Waals surface area (Å²) in [6, 6.07) is 4.91. The van der Waals surface area contributed by atoms with E-state index in [2.05, 4.69) is 21.1 Å². The molecule has 1 aromatic carbocycles. The third kappa shape index (κ3) is 4.00. The van der Waals surface area contributed by atoms with Crippen LogP contribution in [0.1, 0.15) is 50.6 Å². The summed E-state index contributed by atoms with van der Waals surface area (Å²) in [4.78, 5) is 24.5. The van der Waals surface area contributed by atoms with E-state index in [1.807, 2.05) is 0 Å². The van der Waals surface area contributed by atoms with Gasteiger partial charge in [-0.3, -0.25) is 20.4 Å². The van der Waals surface area contributed by atoms with E-state index in [1.165, 1.54) is 12.1 Å². The predicted octanol–water partition coefficient (Wildman–Crippen LogP) is 1.12. The van der Waals surface area contributed by atoms with Crippen molar-refractivity contribution in [3.8, 4) is 0 Å². The molecular weight excluding hydrogens is 367 g/mol. The summed E-state index contributed by atoms with van der Waals surface area (Å²) in [5, 5.41) is 7.72. The molecule has 0 saturated heterocycles. The summed E-state index contributed by atoms with van der Waals surface area (Å²) >= 11 is 0.